The lowest BCUT2D eigenvalue weighted by molar-refractivity contribution is -0.137. The molecule has 1 aromatic heterocycles. The van der Waals surface area contributed by atoms with Crippen LogP contribution in [0, 0.1) is 11.8 Å². The Bertz CT molecular complexity index is 783. The van der Waals surface area contributed by atoms with Gasteiger partial charge in [0, 0.05) is 57.0 Å². The van der Waals surface area contributed by atoms with Gasteiger partial charge in [-0.05, 0) is 44.1 Å². The number of carbonyl (C=O) groups is 1. The number of nitrogens with zero attached hydrogens (tertiary/aromatic N) is 3. The summed E-state index contributed by atoms with van der Waals surface area (Å²) in [5, 5.41) is 3.79. The minimum Gasteiger partial charge on any atom is -0.381 e. The topological polar surface area (TPSA) is 57.7 Å². The van der Waals surface area contributed by atoms with Gasteiger partial charge in [0.05, 0.1) is 24.1 Å². The number of hydrogen-bond acceptors (Lipinski definition) is 5. The maximum absolute atomic E-state index is 13.1. The second kappa shape index (κ2) is 9.95. The summed E-state index contributed by atoms with van der Waals surface area (Å²) in [4.78, 5) is 20.6. The van der Waals surface area contributed by atoms with E-state index in [0.717, 1.165) is 57.6 Å². The number of anilines is 1. The SMILES string of the molecule is CCC1COCCC1N[C@@H]1CC[C@H](C(=O)N2CCN(c3cncc(C(F)(F)F)c3)CC2)C1. The second-order valence-corrected chi connectivity index (χ2v) is 9.25. The zero-order chi connectivity index (χ0) is 22.7. The predicted molar refractivity (Wildman–Crippen MR) is 115 cm³/mol. The highest BCUT2D eigenvalue weighted by Crippen LogP contribution is 2.32. The van der Waals surface area contributed by atoms with Crippen molar-refractivity contribution in [2.45, 2.75) is 57.3 Å². The summed E-state index contributed by atoms with van der Waals surface area (Å²) in [6.07, 6.45) is 2.80. The first kappa shape index (κ1) is 23.3. The molecule has 4 rings (SSSR count). The fourth-order valence-electron chi connectivity index (χ4n) is 5.28. The van der Waals surface area contributed by atoms with Crippen LogP contribution in [0.4, 0.5) is 18.9 Å². The summed E-state index contributed by atoms with van der Waals surface area (Å²) in [6.45, 7) is 5.91. The number of rotatable bonds is 5. The third-order valence-electron chi connectivity index (χ3n) is 7.24. The van der Waals surface area contributed by atoms with Crippen molar-refractivity contribution >= 4 is 11.6 Å². The number of ether oxygens (including phenoxy) is 1. The molecule has 2 unspecified atom stereocenters. The zero-order valence-corrected chi connectivity index (χ0v) is 18.6. The number of piperazine rings is 1. The van der Waals surface area contributed by atoms with Gasteiger partial charge < -0.3 is 19.9 Å². The summed E-state index contributed by atoms with van der Waals surface area (Å²) >= 11 is 0. The standard InChI is InChI=1S/C23H33F3N4O2/c1-2-16-15-32-10-5-21(16)28-19-4-3-17(11-19)22(31)30-8-6-29(7-9-30)20-12-18(13-27-14-20)23(24,25)26/h12-14,16-17,19,21,28H,2-11,15H2,1H3/t16?,17-,19+,21?/m0/s1. The molecule has 0 spiro atoms. The summed E-state index contributed by atoms with van der Waals surface area (Å²) < 4.78 is 44.5. The van der Waals surface area contributed by atoms with E-state index in [9.17, 15) is 18.0 Å². The molecule has 2 saturated heterocycles. The van der Waals surface area contributed by atoms with Crippen molar-refractivity contribution in [1.82, 2.24) is 15.2 Å². The smallest absolute Gasteiger partial charge is 0.381 e. The molecule has 1 aromatic rings. The first-order chi connectivity index (χ1) is 15.3. The highest BCUT2D eigenvalue weighted by molar-refractivity contribution is 5.79. The van der Waals surface area contributed by atoms with Crippen LogP contribution < -0.4 is 10.2 Å². The van der Waals surface area contributed by atoms with E-state index >= 15 is 0 Å². The Morgan fingerprint density at radius 3 is 2.69 bits per heavy atom. The number of amides is 1. The largest absolute Gasteiger partial charge is 0.417 e. The molecule has 3 heterocycles. The molecule has 3 fully saturated rings. The number of hydrogen-bond donors (Lipinski definition) is 1. The van der Waals surface area contributed by atoms with Gasteiger partial charge in [-0.25, -0.2) is 0 Å². The first-order valence-corrected chi connectivity index (χ1v) is 11.7. The molecule has 6 nitrogen and oxygen atoms in total. The van der Waals surface area contributed by atoms with E-state index in [-0.39, 0.29) is 11.8 Å². The van der Waals surface area contributed by atoms with Crippen molar-refractivity contribution in [2.75, 3.05) is 44.3 Å². The highest BCUT2D eigenvalue weighted by atomic mass is 19.4. The molecular weight excluding hydrogens is 421 g/mol. The molecule has 3 aliphatic rings. The number of carbonyl (C=O) groups excluding carboxylic acids is 1. The lowest BCUT2D eigenvalue weighted by Crippen LogP contribution is -2.50. The van der Waals surface area contributed by atoms with Crippen molar-refractivity contribution in [3.8, 4) is 0 Å². The van der Waals surface area contributed by atoms with Gasteiger partial charge in [-0.2, -0.15) is 13.2 Å². The third-order valence-corrected chi connectivity index (χ3v) is 7.24. The van der Waals surface area contributed by atoms with Crippen molar-refractivity contribution in [1.29, 1.82) is 0 Å². The number of aromatic nitrogens is 1. The van der Waals surface area contributed by atoms with E-state index in [1.807, 2.05) is 9.80 Å². The normalized spacial score (nSPS) is 29.4. The maximum Gasteiger partial charge on any atom is 0.417 e. The molecule has 32 heavy (non-hydrogen) atoms. The molecule has 0 bridgehead atoms. The van der Waals surface area contributed by atoms with Gasteiger partial charge in [-0.1, -0.05) is 6.92 Å². The van der Waals surface area contributed by atoms with Crippen LogP contribution in [0.3, 0.4) is 0 Å². The highest BCUT2D eigenvalue weighted by Gasteiger charge is 2.36. The number of nitrogens with one attached hydrogen (secondary N) is 1. The molecule has 4 atom stereocenters. The Kier molecular flexibility index (Phi) is 7.24. The van der Waals surface area contributed by atoms with Gasteiger partial charge in [-0.3, -0.25) is 9.78 Å². The molecule has 0 radical (unpaired) electrons. The average molecular weight is 455 g/mol. The van der Waals surface area contributed by atoms with Gasteiger partial charge >= 0.3 is 6.18 Å². The van der Waals surface area contributed by atoms with E-state index < -0.39 is 11.7 Å². The van der Waals surface area contributed by atoms with Gasteiger partial charge in [-0.15, -0.1) is 0 Å². The monoisotopic (exact) mass is 454 g/mol. The van der Waals surface area contributed by atoms with E-state index in [2.05, 4.69) is 17.2 Å². The average Bonchev–Trinajstić information content (AvgIpc) is 3.27. The molecule has 0 aromatic carbocycles. The van der Waals surface area contributed by atoms with Crippen LogP contribution in [0.1, 0.15) is 44.6 Å². The van der Waals surface area contributed by atoms with Crippen molar-refractivity contribution in [3.63, 3.8) is 0 Å². The lowest BCUT2D eigenvalue weighted by Gasteiger charge is -2.37. The maximum atomic E-state index is 13.1. The first-order valence-electron chi connectivity index (χ1n) is 11.7. The Morgan fingerprint density at radius 1 is 1.19 bits per heavy atom. The van der Waals surface area contributed by atoms with Gasteiger partial charge in [0.25, 0.3) is 0 Å². The molecule has 1 saturated carbocycles. The number of halogens is 3. The summed E-state index contributed by atoms with van der Waals surface area (Å²) in [5.74, 6) is 0.765. The number of pyridine rings is 1. The summed E-state index contributed by atoms with van der Waals surface area (Å²) in [6, 6.07) is 1.98. The lowest BCUT2D eigenvalue weighted by atomic mass is 9.92. The molecule has 1 N–H and O–H groups in total. The van der Waals surface area contributed by atoms with Crippen LogP contribution in [0.15, 0.2) is 18.5 Å². The van der Waals surface area contributed by atoms with Crippen LogP contribution in [-0.2, 0) is 15.7 Å². The van der Waals surface area contributed by atoms with Gasteiger partial charge in [0.15, 0.2) is 0 Å². The van der Waals surface area contributed by atoms with Crippen LogP contribution in [0.2, 0.25) is 0 Å². The fraction of sp³-hybridized carbons (Fsp3) is 0.739. The van der Waals surface area contributed by atoms with Crippen LogP contribution in [-0.4, -0.2) is 67.3 Å². The van der Waals surface area contributed by atoms with Gasteiger partial charge in [0.2, 0.25) is 5.91 Å². The van der Waals surface area contributed by atoms with Crippen molar-refractivity contribution in [2.24, 2.45) is 11.8 Å². The zero-order valence-electron chi connectivity index (χ0n) is 18.6. The molecule has 1 amide bonds. The molecular formula is C23H33F3N4O2. The Morgan fingerprint density at radius 2 is 1.97 bits per heavy atom. The molecule has 2 aliphatic heterocycles. The minimum absolute atomic E-state index is 0.0363. The van der Waals surface area contributed by atoms with Crippen LogP contribution >= 0.6 is 0 Å². The fourth-order valence-corrected chi connectivity index (χ4v) is 5.28. The molecule has 178 valence electrons. The van der Waals surface area contributed by atoms with E-state index in [4.69, 9.17) is 4.74 Å². The molecule has 9 heteroatoms. The predicted octanol–water partition coefficient (Wildman–Crippen LogP) is 3.32. The van der Waals surface area contributed by atoms with E-state index in [0.29, 0.717) is 49.9 Å². The third kappa shape index (κ3) is 5.36. The quantitative estimate of drug-likeness (QED) is 0.740. The summed E-state index contributed by atoms with van der Waals surface area (Å²) in [5.41, 5.74) is -0.285. The van der Waals surface area contributed by atoms with E-state index in [1.165, 1.54) is 6.20 Å². The van der Waals surface area contributed by atoms with Crippen molar-refractivity contribution in [3.05, 3.63) is 24.0 Å². The molecule has 1 aliphatic carbocycles. The minimum atomic E-state index is -4.41. The van der Waals surface area contributed by atoms with Gasteiger partial charge in [0.1, 0.15) is 0 Å². The Balaban J connectivity index is 1.27. The Hall–Kier alpha value is -1.87. The number of alkyl halides is 3. The van der Waals surface area contributed by atoms with Crippen molar-refractivity contribution < 1.29 is 22.7 Å². The van der Waals surface area contributed by atoms with Crippen LogP contribution in [0.5, 0.6) is 0 Å². The Labute approximate surface area is 187 Å². The van der Waals surface area contributed by atoms with E-state index in [1.54, 1.807) is 0 Å². The second-order valence-electron chi connectivity index (χ2n) is 9.25. The summed E-state index contributed by atoms with van der Waals surface area (Å²) in [7, 11) is 0. The van der Waals surface area contributed by atoms with Crippen LogP contribution in [0.25, 0.3) is 0 Å².